The number of fused-ring (bicyclic) bond motifs is 1. The maximum Gasteiger partial charge on any atom is 0.349 e. The third-order valence-electron chi connectivity index (χ3n) is 3.49. The van der Waals surface area contributed by atoms with Crippen molar-refractivity contribution in [3.8, 4) is 0 Å². The van der Waals surface area contributed by atoms with Crippen molar-refractivity contribution in [2.24, 2.45) is 0 Å². The molecule has 0 aliphatic carbocycles. The first kappa shape index (κ1) is 17.4. The Morgan fingerprint density at radius 1 is 1.20 bits per heavy atom. The fraction of sp³-hybridized carbons (Fsp3) is 0.111. The van der Waals surface area contributed by atoms with Gasteiger partial charge < -0.3 is 10.1 Å². The van der Waals surface area contributed by atoms with E-state index in [-0.39, 0.29) is 4.88 Å². The number of carbonyl (C=O) groups is 2. The summed E-state index contributed by atoms with van der Waals surface area (Å²) in [5.41, 5.74) is 0.431. The second kappa shape index (κ2) is 7.21. The van der Waals surface area contributed by atoms with E-state index in [4.69, 9.17) is 16.3 Å². The molecule has 0 fully saturated rings. The molecule has 1 N–H and O–H groups in total. The van der Waals surface area contributed by atoms with Gasteiger partial charge in [0.15, 0.2) is 6.10 Å². The molecule has 1 unspecified atom stereocenters. The maximum atomic E-state index is 13.7. The van der Waals surface area contributed by atoms with Crippen LogP contribution >= 0.6 is 22.9 Å². The Balaban J connectivity index is 1.70. The number of anilines is 1. The Hall–Kier alpha value is -2.44. The summed E-state index contributed by atoms with van der Waals surface area (Å²) in [5, 5.41) is 3.34. The van der Waals surface area contributed by atoms with Crippen LogP contribution in [-0.4, -0.2) is 18.0 Å². The molecular formula is C18H13ClFNO3S. The zero-order chi connectivity index (χ0) is 18.0. The van der Waals surface area contributed by atoms with Crippen molar-refractivity contribution >= 4 is 50.6 Å². The van der Waals surface area contributed by atoms with E-state index in [1.54, 1.807) is 36.4 Å². The molecule has 0 spiro atoms. The van der Waals surface area contributed by atoms with E-state index in [0.29, 0.717) is 20.8 Å². The summed E-state index contributed by atoms with van der Waals surface area (Å²) in [4.78, 5) is 24.6. The SMILES string of the molecule is CC(OC(=O)c1cc2c(F)cccc2s1)C(=O)Nc1ccccc1Cl. The zero-order valence-corrected chi connectivity index (χ0v) is 14.7. The molecule has 25 heavy (non-hydrogen) atoms. The van der Waals surface area contributed by atoms with Gasteiger partial charge in [0.05, 0.1) is 10.7 Å². The highest BCUT2D eigenvalue weighted by molar-refractivity contribution is 7.20. The molecule has 0 saturated carbocycles. The van der Waals surface area contributed by atoms with Crippen LogP contribution in [0.4, 0.5) is 10.1 Å². The summed E-state index contributed by atoms with van der Waals surface area (Å²) in [7, 11) is 0. The third kappa shape index (κ3) is 3.81. The average molecular weight is 378 g/mol. The van der Waals surface area contributed by atoms with E-state index in [1.807, 2.05) is 0 Å². The smallest absolute Gasteiger partial charge is 0.349 e. The highest BCUT2D eigenvalue weighted by Crippen LogP contribution is 2.28. The van der Waals surface area contributed by atoms with Gasteiger partial charge >= 0.3 is 5.97 Å². The molecule has 3 aromatic rings. The second-order valence-corrected chi connectivity index (χ2v) is 6.77. The summed E-state index contributed by atoms with van der Waals surface area (Å²) in [6.07, 6.45) is -1.03. The van der Waals surface area contributed by atoms with Crippen LogP contribution in [0.2, 0.25) is 5.02 Å². The first-order valence-corrected chi connectivity index (χ1v) is 8.59. The van der Waals surface area contributed by atoms with E-state index in [2.05, 4.69) is 5.32 Å². The van der Waals surface area contributed by atoms with Gasteiger partial charge in [-0.3, -0.25) is 4.79 Å². The summed E-state index contributed by atoms with van der Waals surface area (Å²) >= 11 is 7.09. The molecule has 128 valence electrons. The number of ether oxygens (including phenoxy) is 1. The van der Waals surface area contributed by atoms with Gasteiger partial charge in [-0.1, -0.05) is 29.8 Å². The molecule has 1 aromatic heterocycles. The van der Waals surface area contributed by atoms with Crippen LogP contribution in [0, 0.1) is 5.82 Å². The lowest BCUT2D eigenvalue weighted by atomic mass is 10.2. The number of thiophene rings is 1. The van der Waals surface area contributed by atoms with Crippen LogP contribution in [-0.2, 0) is 9.53 Å². The molecule has 0 aliphatic rings. The van der Waals surface area contributed by atoms with Crippen LogP contribution in [0.15, 0.2) is 48.5 Å². The summed E-state index contributed by atoms with van der Waals surface area (Å²) in [6, 6.07) is 12.8. The van der Waals surface area contributed by atoms with Gasteiger partial charge in [-0.15, -0.1) is 11.3 Å². The predicted octanol–water partition coefficient (Wildman–Crippen LogP) is 4.88. The minimum Gasteiger partial charge on any atom is -0.448 e. The van der Waals surface area contributed by atoms with Gasteiger partial charge in [0.25, 0.3) is 5.91 Å². The van der Waals surface area contributed by atoms with Gasteiger partial charge in [0, 0.05) is 10.1 Å². The average Bonchev–Trinajstić information content (AvgIpc) is 3.02. The number of halogens is 2. The summed E-state index contributed by atoms with van der Waals surface area (Å²) in [5.74, 6) is -1.59. The van der Waals surface area contributed by atoms with E-state index >= 15 is 0 Å². The first-order valence-electron chi connectivity index (χ1n) is 7.40. The molecular weight excluding hydrogens is 365 g/mol. The van der Waals surface area contributed by atoms with Gasteiger partial charge in [-0.05, 0) is 37.3 Å². The number of benzene rings is 2. The van der Waals surface area contributed by atoms with Gasteiger partial charge in [0.1, 0.15) is 10.7 Å². The molecule has 1 amide bonds. The van der Waals surface area contributed by atoms with Crippen molar-refractivity contribution in [3.63, 3.8) is 0 Å². The highest BCUT2D eigenvalue weighted by Gasteiger charge is 2.21. The third-order valence-corrected chi connectivity index (χ3v) is 4.90. The summed E-state index contributed by atoms with van der Waals surface area (Å²) in [6.45, 7) is 1.46. The van der Waals surface area contributed by atoms with Crippen molar-refractivity contribution in [2.45, 2.75) is 13.0 Å². The number of rotatable bonds is 4. The predicted molar refractivity (Wildman–Crippen MR) is 96.7 cm³/mol. The molecule has 0 radical (unpaired) electrons. The van der Waals surface area contributed by atoms with Crippen LogP contribution in [0.3, 0.4) is 0 Å². The monoisotopic (exact) mass is 377 g/mol. The standard InChI is InChI=1S/C18H13ClFNO3S/c1-10(17(22)21-14-7-3-2-5-12(14)19)24-18(23)16-9-11-13(20)6-4-8-15(11)25-16/h2-10H,1H3,(H,21,22). The van der Waals surface area contributed by atoms with Crippen LogP contribution in [0.25, 0.3) is 10.1 Å². The molecule has 3 rings (SSSR count). The maximum absolute atomic E-state index is 13.7. The Bertz CT molecular complexity index is 956. The summed E-state index contributed by atoms with van der Waals surface area (Å²) < 4.78 is 19.5. The largest absolute Gasteiger partial charge is 0.448 e. The highest BCUT2D eigenvalue weighted by atomic mass is 35.5. The van der Waals surface area contributed by atoms with E-state index in [9.17, 15) is 14.0 Å². The number of para-hydroxylation sites is 1. The topological polar surface area (TPSA) is 55.4 Å². The first-order chi connectivity index (χ1) is 12.0. The fourth-order valence-electron chi connectivity index (χ4n) is 2.20. The molecule has 1 heterocycles. The van der Waals surface area contributed by atoms with Crippen molar-refractivity contribution in [2.75, 3.05) is 5.32 Å². The minimum atomic E-state index is -1.03. The van der Waals surface area contributed by atoms with E-state index < -0.39 is 23.8 Å². The molecule has 1 atom stereocenters. The van der Waals surface area contributed by atoms with Gasteiger partial charge in [0.2, 0.25) is 0 Å². The van der Waals surface area contributed by atoms with Crippen molar-refractivity contribution in [3.05, 3.63) is 64.2 Å². The Labute approximate surface area is 152 Å². The van der Waals surface area contributed by atoms with Crippen LogP contribution in [0.1, 0.15) is 16.6 Å². The van der Waals surface area contributed by atoms with Crippen molar-refractivity contribution in [1.82, 2.24) is 0 Å². The molecule has 4 nitrogen and oxygen atoms in total. The van der Waals surface area contributed by atoms with Crippen molar-refractivity contribution < 1.29 is 18.7 Å². The number of hydrogen-bond acceptors (Lipinski definition) is 4. The Morgan fingerprint density at radius 3 is 2.68 bits per heavy atom. The molecule has 0 bridgehead atoms. The van der Waals surface area contributed by atoms with Gasteiger partial charge in [-0.25, -0.2) is 9.18 Å². The minimum absolute atomic E-state index is 0.234. The van der Waals surface area contributed by atoms with Gasteiger partial charge in [-0.2, -0.15) is 0 Å². The quantitative estimate of drug-likeness (QED) is 0.659. The number of carbonyl (C=O) groups excluding carboxylic acids is 2. The number of esters is 1. The van der Waals surface area contributed by atoms with Crippen LogP contribution in [0.5, 0.6) is 0 Å². The van der Waals surface area contributed by atoms with Crippen LogP contribution < -0.4 is 5.32 Å². The normalized spacial score (nSPS) is 12.0. The Morgan fingerprint density at radius 2 is 1.96 bits per heavy atom. The lowest BCUT2D eigenvalue weighted by Gasteiger charge is -2.13. The lowest BCUT2D eigenvalue weighted by Crippen LogP contribution is -2.29. The van der Waals surface area contributed by atoms with E-state index in [1.165, 1.54) is 19.1 Å². The molecule has 7 heteroatoms. The molecule has 0 aliphatic heterocycles. The molecule has 2 aromatic carbocycles. The second-order valence-electron chi connectivity index (χ2n) is 5.28. The van der Waals surface area contributed by atoms with Crippen molar-refractivity contribution in [1.29, 1.82) is 0 Å². The molecule has 0 saturated heterocycles. The number of nitrogens with one attached hydrogen (secondary N) is 1. The fourth-order valence-corrected chi connectivity index (χ4v) is 3.34. The lowest BCUT2D eigenvalue weighted by molar-refractivity contribution is -0.123. The zero-order valence-electron chi connectivity index (χ0n) is 13.1. The number of amides is 1. The Kier molecular flexibility index (Phi) is 5.01. The van der Waals surface area contributed by atoms with E-state index in [0.717, 1.165) is 11.3 Å². The number of hydrogen-bond donors (Lipinski definition) is 1.